The Bertz CT molecular complexity index is 1810. The SMILES string of the molecule is Cc1ccc([N+](=O)[O-])cc1N1C(=O)[C@@H]2[C@@H]3C(=O)Oc4ccc5ccccc5c4C3=C[C@@H](c3ccccc3)[C@H]2C1=O. The Hall–Kier alpha value is -5.11. The second-order valence-corrected chi connectivity index (χ2v) is 10.4. The number of fused-ring (bicyclic) bond motifs is 7. The van der Waals surface area contributed by atoms with Crippen LogP contribution in [-0.4, -0.2) is 22.7 Å². The molecule has 8 nitrogen and oxygen atoms in total. The maximum Gasteiger partial charge on any atom is 0.319 e. The maximum absolute atomic E-state index is 14.2. The van der Waals surface area contributed by atoms with Gasteiger partial charge >= 0.3 is 5.97 Å². The van der Waals surface area contributed by atoms with Crippen molar-refractivity contribution in [1.82, 2.24) is 0 Å². The van der Waals surface area contributed by atoms with Crippen molar-refractivity contribution in [3.8, 4) is 5.75 Å². The van der Waals surface area contributed by atoms with Crippen LogP contribution in [0.25, 0.3) is 16.3 Å². The van der Waals surface area contributed by atoms with Crippen molar-refractivity contribution >= 4 is 45.5 Å². The molecule has 1 fully saturated rings. The smallest absolute Gasteiger partial charge is 0.319 e. The topological polar surface area (TPSA) is 107 Å². The summed E-state index contributed by atoms with van der Waals surface area (Å²) in [6.07, 6.45) is 1.95. The lowest BCUT2D eigenvalue weighted by molar-refractivity contribution is -0.384. The zero-order valence-electron chi connectivity index (χ0n) is 21.3. The summed E-state index contributed by atoms with van der Waals surface area (Å²) in [4.78, 5) is 54.0. The van der Waals surface area contributed by atoms with Crippen LogP contribution in [0.3, 0.4) is 0 Å². The average molecular weight is 531 g/mol. The number of nitro benzene ring substituents is 1. The van der Waals surface area contributed by atoms with E-state index in [2.05, 4.69) is 0 Å². The molecule has 4 atom stereocenters. The Morgan fingerprint density at radius 1 is 0.850 bits per heavy atom. The van der Waals surface area contributed by atoms with E-state index in [1.165, 1.54) is 18.2 Å². The van der Waals surface area contributed by atoms with Gasteiger partial charge in [-0.2, -0.15) is 0 Å². The van der Waals surface area contributed by atoms with Gasteiger partial charge in [0.25, 0.3) is 5.69 Å². The lowest BCUT2D eigenvalue weighted by Crippen LogP contribution is -2.42. The number of benzene rings is 4. The first-order valence-electron chi connectivity index (χ1n) is 13.0. The van der Waals surface area contributed by atoms with Gasteiger partial charge in [0.05, 0.1) is 28.4 Å². The third-order valence-electron chi connectivity index (χ3n) is 8.31. The molecule has 2 heterocycles. The van der Waals surface area contributed by atoms with E-state index in [-0.39, 0.29) is 11.4 Å². The first-order valence-corrected chi connectivity index (χ1v) is 13.0. The van der Waals surface area contributed by atoms with Crippen LogP contribution in [0, 0.1) is 34.8 Å². The maximum atomic E-state index is 14.2. The summed E-state index contributed by atoms with van der Waals surface area (Å²) in [6, 6.07) is 24.9. The van der Waals surface area contributed by atoms with E-state index in [9.17, 15) is 24.5 Å². The average Bonchev–Trinajstić information content (AvgIpc) is 3.22. The summed E-state index contributed by atoms with van der Waals surface area (Å²) in [7, 11) is 0. The number of ether oxygens (including phenoxy) is 1. The minimum atomic E-state index is -1.03. The first-order chi connectivity index (χ1) is 19.3. The van der Waals surface area contributed by atoms with E-state index in [1.807, 2.05) is 66.7 Å². The van der Waals surface area contributed by atoms with E-state index >= 15 is 0 Å². The normalized spacial score (nSPS) is 23.3. The molecule has 3 aliphatic rings. The molecular weight excluding hydrogens is 508 g/mol. The number of carbonyl (C=O) groups excluding carboxylic acids is 3. The van der Waals surface area contributed by atoms with Gasteiger partial charge in [-0.05, 0) is 40.5 Å². The molecule has 0 unspecified atom stereocenters. The molecule has 0 aromatic heterocycles. The minimum absolute atomic E-state index is 0.155. The molecule has 1 saturated heterocycles. The molecule has 8 heteroatoms. The number of nitro groups is 1. The molecule has 0 N–H and O–H groups in total. The number of nitrogens with zero attached hydrogens (tertiary/aromatic N) is 2. The van der Waals surface area contributed by atoms with Crippen LogP contribution in [0.1, 0.15) is 22.6 Å². The molecule has 196 valence electrons. The number of hydrogen-bond donors (Lipinski definition) is 0. The van der Waals surface area contributed by atoms with Crippen molar-refractivity contribution in [2.45, 2.75) is 12.8 Å². The van der Waals surface area contributed by atoms with Crippen molar-refractivity contribution in [3.63, 3.8) is 0 Å². The van der Waals surface area contributed by atoms with Crippen LogP contribution < -0.4 is 9.64 Å². The van der Waals surface area contributed by atoms with Crippen LogP contribution in [0.15, 0.2) is 91.0 Å². The van der Waals surface area contributed by atoms with Crippen LogP contribution in [0.2, 0.25) is 0 Å². The number of esters is 1. The molecule has 7 rings (SSSR count). The summed E-state index contributed by atoms with van der Waals surface area (Å²) in [5.74, 6) is -4.63. The van der Waals surface area contributed by atoms with E-state index < -0.39 is 46.4 Å². The van der Waals surface area contributed by atoms with Crippen molar-refractivity contribution in [2.75, 3.05) is 4.90 Å². The summed E-state index contributed by atoms with van der Waals surface area (Å²) in [5.41, 5.74) is 2.71. The molecule has 0 spiro atoms. The molecule has 2 amide bonds. The number of rotatable bonds is 3. The molecule has 1 aliphatic carbocycles. The Labute approximate surface area is 228 Å². The van der Waals surface area contributed by atoms with Gasteiger partial charge < -0.3 is 4.74 Å². The lowest BCUT2D eigenvalue weighted by atomic mass is 9.64. The number of allylic oxidation sites excluding steroid dienone is 1. The number of aryl methyl sites for hydroxylation is 1. The number of non-ortho nitro benzene ring substituents is 1. The second kappa shape index (κ2) is 8.71. The van der Waals surface area contributed by atoms with Gasteiger partial charge in [-0.15, -0.1) is 0 Å². The van der Waals surface area contributed by atoms with Gasteiger partial charge in [0, 0.05) is 23.6 Å². The van der Waals surface area contributed by atoms with Crippen molar-refractivity contribution in [1.29, 1.82) is 0 Å². The van der Waals surface area contributed by atoms with E-state index in [4.69, 9.17) is 4.74 Å². The molecule has 4 aromatic carbocycles. The summed E-state index contributed by atoms with van der Waals surface area (Å²) < 4.78 is 5.81. The zero-order chi connectivity index (χ0) is 27.7. The molecule has 0 radical (unpaired) electrons. The molecule has 4 aromatic rings. The molecule has 0 bridgehead atoms. The van der Waals surface area contributed by atoms with Gasteiger partial charge in [-0.3, -0.25) is 24.5 Å². The fourth-order valence-corrected chi connectivity index (χ4v) is 6.52. The van der Waals surface area contributed by atoms with Crippen LogP contribution in [0.5, 0.6) is 5.75 Å². The molecule has 2 aliphatic heterocycles. The Morgan fingerprint density at radius 2 is 1.57 bits per heavy atom. The highest BCUT2D eigenvalue weighted by atomic mass is 16.6. The third kappa shape index (κ3) is 3.35. The standard InChI is InChI=1S/C32H22N2O6/c1-17-11-13-20(34(38)39)15-24(17)33-30(35)27-22(18-7-3-2-4-8-18)16-23-26-21-10-6-5-9-19(21)12-14-25(26)40-32(37)28(23)29(27)31(33)36/h2-16,22,27-29H,1H3/t22-,27+,28+,29-/m0/s1. The van der Waals surface area contributed by atoms with Crippen LogP contribution >= 0.6 is 0 Å². The van der Waals surface area contributed by atoms with Crippen LogP contribution in [0.4, 0.5) is 11.4 Å². The summed E-state index contributed by atoms with van der Waals surface area (Å²) in [5, 5.41) is 13.4. The largest absolute Gasteiger partial charge is 0.425 e. The highest BCUT2D eigenvalue weighted by Gasteiger charge is 2.60. The van der Waals surface area contributed by atoms with Gasteiger partial charge in [-0.25, -0.2) is 4.90 Å². The fraction of sp³-hybridized carbons (Fsp3) is 0.156. The fourth-order valence-electron chi connectivity index (χ4n) is 6.52. The molecule has 0 saturated carbocycles. The predicted molar refractivity (Wildman–Crippen MR) is 148 cm³/mol. The molecular formula is C32H22N2O6. The summed E-state index contributed by atoms with van der Waals surface area (Å²) in [6.45, 7) is 1.69. The first kappa shape index (κ1) is 24.0. The van der Waals surface area contributed by atoms with E-state index in [0.717, 1.165) is 26.8 Å². The number of anilines is 1. The van der Waals surface area contributed by atoms with E-state index in [1.54, 1.807) is 13.0 Å². The third-order valence-corrected chi connectivity index (χ3v) is 8.31. The van der Waals surface area contributed by atoms with Crippen LogP contribution in [-0.2, 0) is 14.4 Å². The minimum Gasteiger partial charge on any atom is -0.425 e. The highest BCUT2D eigenvalue weighted by molar-refractivity contribution is 6.25. The second-order valence-electron chi connectivity index (χ2n) is 10.4. The number of imide groups is 1. The number of carbonyl (C=O) groups is 3. The number of hydrogen-bond acceptors (Lipinski definition) is 6. The Kier molecular flexibility index (Phi) is 5.22. The Balaban J connectivity index is 1.46. The van der Waals surface area contributed by atoms with Crippen molar-refractivity contribution in [3.05, 3.63) is 118 Å². The Morgan fingerprint density at radius 3 is 2.35 bits per heavy atom. The van der Waals surface area contributed by atoms with Gasteiger partial charge in [-0.1, -0.05) is 72.8 Å². The quantitative estimate of drug-likeness (QED) is 0.113. The predicted octanol–water partition coefficient (Wildman–Crippen LogP) is 5.58. The lowest BCUT2D eigenvalue weighted by Gasteiger charge is -2.38. The number of amides is 2. The van der Waals surface area contributed by atoms with Gasteiger partial charge in [0.2, 0.25) is 11.8 Å². The van der Waals surface area contributed by atoms with Gasteiger partial charge in [0.15, 0.2) is 0 Å². The zero-order valence-corrected chi connectivity index (χ0v) is 21.3. The van der Waals surface area contributed by atoms with Crippen molar-refractivity contribution in [2.24, 2.45) is 17.8 Å². The van der Waals surface area contributed by atoms with Crippen molar-refractivity contribution < 1.29 is 24.0 Å². The molecule has 40 heavy (non-hydrogen) atoms. The van der Waals surface area contributed by atoms with Gasteiger partial charge in [0.1, 0.15) is 5.75 Å². The highest BCUT2D eigenvalue weighted by Crippen LogP contribution is 2.56. The van der Waals surface area contributed by atoms with E-state index in [0.29, 0.717) is 16.9 Å². The monoisotopic (exact) mass is 530 g/mol. The summed E-state index contributed by atoms with van der Waals surface area (Å²) >= 11 is 0.